The van der Waals surface area contributed by atoms with E-state index in [4.69, 9.17) is 9.47 Å². The first-order valence-corrected chi connectivity index (χ1v) is 11.9. The first-order chi connectivity index (χ1) is 14.9. The van der Waals surface area contributed by atoms with Crippen molar-refractivity contribution in [2.24, 2.45) is 0 Å². The van der Waals surface area contributed by atoms with E-state index in [1.165, 1.54) is 12.1 Å². The van der Waals surface area contributed by atoms with Crippen LogP contribution >= 0.6 is 0 Å². The minimum absolute atomic E-state index is 0.0288. The summed E-state index contributed by atoms with van der Waals surface area (Å²) in [6, 6.07) is 14.4. The Hall–Kier alpha value is -2.78. The molecule has 0 aromatic heterocycles. The maximum Gasteiger partial charge on any atom is 0.241 e. The number of sulfonamides is 1. The topological polar surface area (TPSA) is 88.2 Å². The molecule has 2 aromatic rings. The van der Waals surface area contributed by atoms with E-state index in [2.05, 4.69) is 9.62 Å². The molecule has 0 saturated carbocycles. The summed E-state index contributed by atoms with van der Waals surface area (Å²) in [7, 11) is -3.86. The SMILES string of the molecule is CCOc1ccc(S(=O)(=O)NCC(=O)N2CCN(c3ccccc3)CC2)cc1OCC. The molecule has 1 saturated heterocycles. The van der Waals surface area contributed by atoms with Gasteiger partial charge in [0, 0.05) is 37.9 Å². The molecule has 31 heavy (non-hydrogen) atoms. The van der Waals surface area contributed by atoms with Crippen molar-refractivity contribution in [2.45, 2.75) is 18.7 Å². The second kappa shape index (κ2) is 10.5. The molecule has 1 aliphatic rings. The molecule has 1 amide bonds. The maximum absolute atomic E-state index is 12.7. The lowest BCUT2D eigenvalue weighted by Gasteiger charge is -2.36. The molecule has 8 nitrogen and oxygen atoms in total. The number of piperazine rings is 1. The Bertz CT molecular complexity index is 974. The highest BCUT2D eigenvalue weighted by atomic mass is 32.2. The summed E-state index contributed by atoms with van der Waals surface area (Å²) >= 11 is 0. The predicted octanol–water partition coefficient (Wildman–Crippen LogP) is 2.11. The van der Waals surface area contributed by atoms with Crippen molar-refractivity contribution in [3.05, 3.63) is 48.5 Å². The van der Waals surface area contributed by atoms with Gasteiger partial charge in [0.05, 0.1) is 24.7 Å². The average molecular weight is 448 g/mol. The van der Waals surface area contributed by atoms with Crippen LogP contribution in [0.1, 0.15) is 13.8 Å². The van der Waals surface area contributed by atoms with E-state index in [1.54, 1.807) is 11.0 Å². The smallest absolute Gasteiger partial charge is 0.241 e. The zero-order valence-electron chi connectivity index (χ0n) is 17.9. The lowest BCUT2D eigenvalue weighted by atomic mass is 10.2. The van der Waals surface area contributed by atoms with Crippen LogP contribution in [-0.4, -0.2) is 65.2 Å². The number of carbonyl (C=O) groups is 1. The van der Waals surface area contributed by atoms with Crippen LogP contribution in [0.4, 0.5) is 5.69 Å². The van der Waals surface area contributed by atoms with Gasteiger partial charge < -0.3 is 19.3 Å². The summed E-state index contributed by atoms with van der Waals surface area (Å²) in [5.74, 6) is 0.596. The molecular weight excluding hydrogens is 418 g/mol. The van der Waals surface area contributed by atoms with Crippen molar-refractivity contribution in [2.75, 3.05) is 50.8 Å². The predicted molar refractivity (Wildman–Crippen MR) is 119 cm³/mol. The molecule has 9 heteroatoms. The van der Waals surface area contributed by atoms with Crippen LogP contribution in [-0.2, 0) is 14.8 Å². The van der Waals surface area contributed by atoms with Gasteiger partial charge >= 0.3 is 0 Å². The van der Waals surface area contributed by atoms with Gasteiger partial charge in [-0.2, -0.15) is 0 Å². The summed E-state index contributed by atoms with van der Waals surface area (Å²) in [5, 5.41) is 0. The van der Waals surface area contributed by atoms with Gasteiger partial charge in [-0.05, 0) is 38.1 Å². The van der Waals surface area contributed by atoms with Crippen LogP contribution < -0.4 is 19.1 Å². The minimum Gasteiger partial charge on any atom is -0.490 e. The number of nitrogens with one attached hydrogen (secondary N) is 1. The van der Waals surface area contributed by atoms with Crippen molar-refractivity contribution >= 4 is 21.6 Å². The number of hydrogen-bond acceptors (Lipinski definition) is 6. The molecule has 0 aliphatic carbocycles. The van der Waals surface area contributed by atoms with Gasteiger partial charge in [0.2, 0.25) is 15.9 Å². The van der Waals surface area contributed by atoms with Crippen molar-refractivity contribution in [1.29, 1.82) is 0 Å². The molecule has 1 N–H and O–H groups in total. The van der Waals surface area contributed by atoms with Gasteiger partial charge in [0.25, 0.3) is 0 Å². The normalized spacial score (nSPS) is 14.4. The number of nitrogens with zero attached hydrogens (tertiary/aromatic N) is 2. The number of ether oxygens (including phenoxy) is 2. The standard InChI is InChI=1S/C22H29N3O5S/c1-3-29-20-11-10-19(16-21(20)30-4-2)31(27,28)23-17-22(26)25-14-12-24(13-15-25)18-8-6-5-7-9-18/h5-11,16,23H,3-4,12-15,17H2,1-2H3. The number of amides is 1. The summed E-state index contributed by atoms with van der Waals surface area (Å²) in [4.78, 5) is 16.5. The number of para-hydroxylation sites is 1. The van der Waals surface area contributed by atoms with Crippen LogP contribution in [0.5, 0.6) is 11.5 Å². The van der Waals surface area contributed by atoms with E-state index in [0.29, 0.717) is 50.9 Å². The average Bonchev–Trinajstić information content (AvgIpc) is 2.79. The summed E-state index contributed by atoms with van der Waals surface area (Å²) in [5.41, 5.74) is 1.12. The Kier molecular flexibility index (Phi) is 7.75. The van der Waals surface area contributed by atoms with Gasteiger partial charge in [0.1, 0.15) is 0 Å². The Morgan fingerprint density at radius 2 is 1.58 bits per heavy atom. The molecule has 1 heterocycles. The first-order valence-electron chi connectivity index (χ1n) is 10.4. The minimum atomic E-state index is -3.86. The second-order valence-electron chi connectivity index (χ2n) is 7.00. The maximum atomic E-state index is 12.7. The zero-order chi connectivity index (χ0) is 22.3. The van der Waals surface area contributed by atoms with Crippen LogP contribution in [0.25, 0.3) is 0 Å². The van der Waals surface area contributed by atoms with E-state index in [1.807, 2.05) is 44.2 Å². The van der Waals surface area contributed by atoms with Gasteiger partial charge in [0.15, 0.2) is 11.5 Å². The van der Waals surface area contributed by atoms with Crippen molar-refractivity contribution in [3.63, 3.8) is 0 Å². The van der Waals surface area contributed by atoms with Crippen LogP contribution in [0.2, 0.25) is 0 Å². The third-order valence-corrected chi connectivity index (χ3v) is 6.39. The highest BCUT2D eigenvalue weighted by Crippen LogP contribution is 2.30. The number of carbonyl (C=O) groups excluding carboxylic acids is 1. The van der Waals surface area contributed by atoms with Gasteiger partial charge in [-0.1, -0.05) is 18.2 Å². The molecule has 2 aromatic carbocycles. The largest absolute Gasteiger partial charge is 0.490 e. The second-order valence-corrected chi connectivity index (χ2v) is 8.77. The lowest BCUT2D eigenvalue weighted by Crippen LogP contribution is -2.51. The molecule has 1 aliphatic heterocycles. The van der Waals surface area contributed by atoms with E-state index in [9.17, 15) is 13.2 Å². The molecule has 0 bridgehead atoms. The lowest BCUT2D eigenvalue weighted by molar-refractivity contribution is -0.130. The van der Waals surface area contributed by atoms with Gasteiger partial charge in [-0.15, -0.1) is 0 Å². The Balaban J connectivity index is 1.57. The molecule has 0 atom stereocenters. The van der Waals surface area contributed by atoms with Crippen LogP contribution in [0.15, 0.2) is 53.4 Å². The van der Waals surface area contributed by atoms with Crippen molar-refractivity contribution in [3.8, 4) is 11.5 Å². The Labute approximate surface area is 183 Å². The van der Waals surface area contributed by atoms with Crippen molar-refractivity contribution in [1.82, 2.24) is 9.62 Å². The van der Waals surface area contributed by atoms with Gasteiger partial charge in [-0.25, -0.2) is 13.1 Å². The first kappa shape index (κ1) is 22.9. The van der Waals surface area contributed by atoms with Crippen LogP contribution in [0, 0.1) is 0 Å². The molecule has 0 radical (unpaired) electrons. The summed E-state index contributed by atoms with van der Waals surface area (Å²) in [6.07, 6.45) is 0. The van der Waals surface area contributed by atoms with Crippen LogP contribution in [0.3, 0.4) is 0 Å². The highest BCUT2D eigenvalue weighted by Gasteiger charge is 2.24. The molecule has 0 unspecified atom stereocenters. The molecule has 3 rings (SSSR count). The van der Waals surface area contributed by atoms with E-state index < -0.39 is 10.0 Å². The monoisotopic (exact) mass is 447 g/mol. The Morgan fingerprint density at radius 3 is 2.23 bits per heavy atom. The Morgan fingerprint density at radius 1 is 0.935 bits per heavy atom. The van der Waals surface area contributed by atoms with E-state index in [0.717, 1.165) is 5.69 Å². The number of anilines is 1. The number of benzene rings is 2. The third-order valence-electron chi connectivity index (χ3n) is 4.99. The quantitative estimate of drug-likeness (QED) is 0.634. The summed E-state index contributed by atoms with van der Waals surface area (Å²) in [6.45, 7) is 6.70. The zero-order valence-corrected chi connectivity index (χ0v) is 18.7. The fraction of sp³-hybridized carbons (Fsp3) is 0.409. The third kappa shape index (κ3) is 5.89. The molecule has 168 valence electrons. The van der Waals surface area contributed by atoms with Gasteiger partial charge in [-0.3, -0.25) is 4.79 Å². The number of rotatable bonds is 9. The number of hydrogen-bond donors (Lipinski definition) is 1. The fourth-order valence-corrected chi connectivity index (χ4v) is 4.39. The molecule has 0 spiro atoms. The van der Waals surface area contributed by atoms with Crippen molar-refractivity contribution < 1.29 is 22.7 Å². The molecular formula is C22H29N3O5S. The highest BCUT2D eigenvalue weighted by molar-refractivity contribution is 7.89. The van der Waals surface area contributed by atoms with E-state index in [-0.39, 0.29) is 17.3 Å². The van der Waals surface area contributed by atoms with E-state index >= 15 is 0 Å². The summed E-state index contributed by atoms with van der Waals surface area (Å²) < 4.78 is 38.8. The molecule has 1 fully saturated rings. The fourth-order valence-electron chi connectivity index (χ4n) is 3.40.